The Morgan fingerprint density at radius 3 is 2.48 bits per heavy atom. The molecule has 0 aliphatic carbocycles. The molecule has 2 aromatic carbocycles. The molecule has 0 atom stereocenters. The van der Waals surface area contributed by atoms with Crippen LogP contribution in [0.15, 0.2) is 41.3 Å². The Morgan fingerprint density at radius 1 is 1.19 bits per heavy atom. The first kappa shape index (κ1) is 16.0. The molecule has 112 valence electrons. The predicted octanol–water partition coefficient (Wildman–Crippen LogP) is 3.39. The van der Waals surface area contributed by atoms with E-state index in [-0.39, 0.29) is 27.2 Å². The van der Waals surface area contributed by atoms with Crippen molar-refractivity contribution in [3.8, 4) is 0 Å². The lowest BCUT2D eigenvalue weighted by Gasteiger charge is -2.12. The van der Waals surface area contributed by atoms with E-state index in [1.165, 1.54) is 30.3 Å². The van der Waals surface area contributed by atoms with Crippen molar-refractivity contribution in [3.63, 3.8) is 0 Å². The lowest BCUT2D eigenvalue weighted by atomic mass is 10.2. The second-order valence-corrected chi connectivity index (χ2v) is 6.63. The van der Waals surface area contributed by atoms with E-state index in [1.54, 1.807) is 0 Å². The molecule has 0 aliphatic heterocycles. The molecule has 21 heavy (non-hydrogen) atoms. The van der Waals surface area contributed by atoms with Gasteiger partial charge in [-0.15, -0.1) is 0 Å². The summed E-state index contributed by atoms with van der Waals surface area (Å²) in [5, 5.41) is 0.138. The summed E-state index contributed by atoms with van der Waals surface area (Å²) < 4.78 is 40.4. The van der Waals surface area contributed by atoms with Gasteiger partial charge in [-0.1, -0.05) is 35.3 Å². The molecule has 2 aromatic rings. The predicted molar refractivity (Wildman–Crippen MR) is 81.6 cm³/mol. The maximum Gasteiger partial charge on any atom is 0.263 e. The summed E-state index contributed by atoms with van der Waals surface area (Å²) in [5.74, 6) is -0.696. The minimum Gasteiger partial charge on any atom is -0.326 e. The van der Waals surface area contributed by atoms with Crippen molar-refractivity contribution in [2.45, 2.75) is 11.4 Å². The monoisotopic (exact) mass is 348 g/mol. The van der Waals surface area contributed by atoms with E-state index >= 15 is 0 Å². The van der Waals surface area contributed by atoms with E-state index in [2.05, 4.69) is 4.72 Å². The van der Waals surface area contributed by atoms with Gasteiger partial charge in [-0.2, -0.15) is 0 Å². The summed E-state index contributed by atoms with van der Waals surface area (Å²) in [7, 11) is -4.08. The lowest BCUT2D eigenvalue weighted by molar-refractivity contribution is 0.598. The van der Waals surface area contributed by atoms with Crippen molar-refractivity contribution < 1.29 is 12.8 Å². The van der Waals surface area contributed by atoms with Gasteiger partial charge in [0.1, 0.15) is 10.7 Å². The highest BCUT2D eigenvalue weighted by molar-refractivity contribution is 7.92. The van der Waals surface area contributed by atoms with Gasteiger partial charge in [0.25, 0.3) is 10.0 Å². The van der Waals surface area contributed by atoms with Gasteiger partial charge in [0, 0.05) is 11.6 Å². The smallest absolute Gasteiger partial charge is 0.263 e. The van der Waals surface area contributed by atoms with E-state index in [1.807, 2.05) is 0 Å². The van der Waals surface area contributed by atoms with Gasteiger partial charge >= 0.3 is 0 Å². The van der Waals surface area contributed by atoms with Crippen LogP contribution < -0.4 is 10.5 Å². The number of para-hydroxylation sites is 1. The van der Waals surface area contributed by atoms with Crippen LogP contribution in [-0.4, -0.2) is 8.42 Å². The van der Waals surface area contributed by atoms with Gasteiger partial charge in [0.15, 0.2) is 0 Å². The van der Waals surface area contributed by atoms with Gasteiger partial charge in [0.05, 0.1) is 10.7 Å². The highest BCUT2D eigenvalue weighted by Crippen LogP contribution is 2.30. The number of anilines is 1. The lowest BCUT2D eigenvalue weighted by Crippen LogP contribution is -2.15. The van der Waals surface area contributed by atoms with Crippen molar-refractivity contribution in [3.05, 3.63) is 57.8 Å². The van der Waals surface area contributed by atoms with E-state index in [9.17, 15) is 12.8 Å². The molecule has 2 rings (SSSR count). The van der Waals surface area contributed by atoms with Gasteiger partial charge in [0.2, 0.25) is 0 Å². The number of benzene rings is 2. The molecular weight excluding hydrogens is 338 g/mol. The molecule has 0 bridgehead atoms. The zero-order chi connectivity index (χ0) is 15.6. The Labute approximate surface area is 131 Å². The molecule has 0 fully saturated rings. The molecule has 0 saturated heterocycles. The van der Waals surface area contributed by atoms with E-state index in [0.717, 1.165) is 6.07 Å². The maximum atomic E-state index is 13.6. The minimum atomic E-state index is -4.08. The zero-order valence-corrected chi connectivity index (χ0v) is 12.9. The summed E-state index contributed by atoms with van der Waals surface area (Å²) in [6, 6.07) is 8.06. The third-order valence-electron chi connectivity index (χ3n) is 2.71. The van der Waals surface area contributed by atoms with Crippen molar-refractivity contribution in [2.24, 2.45) is 5.73 Å². The topological polar surface area (TPSA) is 72.2 Å². The molecule has 0 saturated carbocycles. The molecule has 8 heteroatoms. The second-order valence-electron chi connectivity index (χ2n) is 4.17. The third kappa shape index (κ3) is 3.47. The molecule has 0 unspecified atom stereocenters. The summed E-state index contributed by atoms with van der Waals surface area (Å²) in [6.07, 6.45) is 0. The molecule has 0 amide bonds. The summed E-state index contributed by atoms with van der Waals surface area (Å²) in [6.45, 7) is 0.0294. The largest absolute Gasteiger partial charge is 0.326 e. The first-order valence-corrected chi connectivity index (χ1v) is 8.04. The van der Waals surface area contributed by atoms with Crippen LogP contribution in [-0.2, 0) is 16.6 Å². The highest BCUT2D eigenvalue weighted by atomic mass is 35.5. The van der Waals surface area contributed by atoms with Crippen LogP contribution in [0, 0.1) is 5.82 Å². The number of nitrogens with two attached hydrogens (primary N) is 1. The summed E-state index contributed by atoms with van der Waals surface area (Å²) in [5.41, 5.74) is 5.70. The number of hydrogen-bond acceptors (Lipinski definition) is 3. The van der Waals surface area contributed by atoms with Gasteiger partial charge in [-0.3, -0.25) is 4.72 Å². The molecule has 4 nitrogen and oxygen atoms in total. The van der Waals surface area contributed by atoms with Crippen molar-refractivity contribution in [2.75, 3.05) is 4.72 Å². The first-order chi connectivity index (χ1) is 9.85. The second kappa shape index (κ2) is 6.19. The van der Waals surface area contributed by atoms with Gasteiger partial charge in [-0.05, 0) is 29.8 Å². The fourth-order valence-corrected chi connectivity index (χ4v) is 3.72. The quantitative estimate of drug-likeness (QED) is 0.889. The van der Waals surface area contributed by atoms with Crippen molar-refractivity contribution in [1.29, 1.82) is 0 Å². The van der Waals surface area contributed by atoms with E-state index in [4.69, 9.17) is 28.9 Å². The number of sulfonamides is 1. The fraction of sp³-hybridized carbons (Fsp3) is 0.0769. The Bertz CT molecular complexity index is 782. The van der Waals surface area contributed by atoms with Crippen molar-refractivity contribution in [1.82, 2.24) is 0 Å². The highest BCUT2D eigenvalue weighted by Gasteiger charge is 2.22. The Hall–Kier alpha value is -1.34. The Kier molecular flexibility index (Phi) is 4.73. The normalized spacial score (nSPS) is 11.4. The van der Waals surface area contributed by atoms with Crippen LogP contribution >= 0.6 is 23.2 Å². The third-order valence-corrected chi connectivity index (χ3v) is 4.87. The zero-order valence-electron chi connectivity index (χ0n) is 10.6. The molecule has 0 spiro atoms. The van der Waals surface area contributed by atoms with Gasteiger partial charge in [-0.25, -0.2) is 12.8 Å². The van der Waals surface area contributed by atoms with Crippen molar-refractivity contribution >= 4 is 38.9 Å². The molecular formula is C13H11Cl2FN2O2S. The average Bonchev–Trinajstić information content (AvgIpc) is 2.43. The summed E-state index contributed by atoms with van der Waals surface area (Å²) >= 11 is 11.9. The van der Waals surface area contributed by atoms with E-state index in [0.29, 0.717) is 5.56 Å². The van der Waals surface area contributed by atoms with Crippen LogP contribution in [0.25, 0.3) is 0 Å². The molecule has 0 aliphatic rings. The van der Waals surface area contributed by atoms with Crippen LogP contribution in [0.2, 0.25) is 10.0 Å². The first-order valence-electron chi connectivity index (χ1n) is 5.80. The molecule has 3 N–H and O–H groups in total. The summed E-state index contributed by atoms with van der Waals surface area (Å²) in [4.78, 5) is -0.250. The molecule has 0 aromatic heterocycles. The number of rotatable bonds is 4. The number of nitrogens with one attached hydrogen (secondary N) is 1. The van der Waals surface area contributed by atoms with Gasteiger partial charge < -0.3 is 5.73 Å². The fourth-order valence-electron chi connectivity index (χ4n) is 1.71. The van der Waals surface area contributed by atoms with E-state index < -0.39 is 15.8 Å². The molecule has 0 heterocycles. The van der Waals surface area contributed by atoms with Crippen LogP contribution in [0.4, 0.5) is 10.1 Å². The number of hydrogen-bond donors (Lipinski definition) is 2. The molecule has 0 radical (unpaired) electrons. The minimum absolute atomic E-state index is 0.0294. The Balaban J connectivity index is 2.50. The van der Waals surface area contributed by atoms with Crippen LogP contribution in [0.3, 0.4) is 0 Å². The standard InChI is InChI=1S/C13H11Cl2FN2O2S/c14-9-5-8(7-17)13(15)12(6-9)21(19,20)18-11-4-2-1-3-10(11)16/h1-6,18H,7,17H2. The SMILES string of the molecule is NCc1cc(Cl)cc(S(=O)(=O)Nc2ccccc2F)c1Cl. The average molecular weight is 349 g/mol. The number of halogens is 3. The van der Waals surface area contributed by atoms with Crippen LogP contribution in [0.1, 0.15) is 5.56 Å². The van der Waals surface area contributed by atoms with Crippen LogP contribution in [0.5, 0.6) is 0 Å². The maximum absolute atomic E-state index is 13.6. The Morgan fingerprint density at radius 2 is 1.86 bits per heavy atom.